The first-order valence-corrected chi connectivity index (χ1v) is 10.1. The number of likely N-dealkylation sites (tertiary alicyclic amines) is 2. The molecule has 0 saturated carbocycles. The van der Waals surface area contributed by atoms with Crippen LogP contribution in [-0.2, 0) is 9.59 Å². The van der Waals surface area contributed by atoms with Crippen LogP contribution in [0, 0.1) is 24.2 Å². The molecule has 0 bridgehead atoms. The van der Waals surface area contributed by atoms with Gasteiger partial charge in [0.15, 0.2) is 0 Å². The third kappa shape index (κ3) is 3.77. The summed E-state index contributed by atoms with van der Waals surface area (Å²) in [7, 11) is 0. The van der Waals surface area contributed by atoms with Gasteiger partial charge in [-0.1, -0.05) is 31.5 Å². The molecule has 2 aliphatic heterocycles. The quantitative estimate of drug-likeness (QED) is 0.863. The van der Waals surface area contributed by atoms with Gasteiger partial charge in [0.25, 0.3) is 5.91 Å². The molecule has 0 radical (unpaired) electrons. The minimum Gasteiger partial charge on any atom is -0.481 e. The first kappa shape index (κ1) is 20.4. The van der Waals surface area contributed by atoms with E-state index in [0.29, 0.717) is 31.6 Å². The molecule has 1 aromatic rings. The van der Waals surface area contributed by atoms with Gasteiger partial charge in [-0.3, -0.25) is 14.4 Å². The molecule has 2 fully saturated rings. The summed E-state index contributed by atoms with van der Waals surface area (Å²) in [6, 6.07) is 7.49. The topological polar surface area (TPSA) is 77.9 Å². The summed E-state index contributed by atoms with van der Waals surface area (Å²) in [4.78, 5) is 41.2. The Labute approximate surface area is 166 Å². The van der Waals surface area contributed by atoms with Gasteiger partial charge in [0.2, 0.25) is 5.91 Å². The van der Waals surface area contributed by atoms with E-state index in [-0.39, 0.29) is 30.2 Å². The second-order valence-electron chi connectivity index (χ2n) is 8.58. The molecule has 2 heterocycles. The van der Waals surface area contributed by atoms with Gasteiger partial charge in [-0.05, 0) is 44.2 Å². The lowest BCUT2D eigenvalue weighted by Gasteiger charge is -2.35. The summed E-state index contributed by atoms with van der Waals surface area (Å²) in [5.41, 5.74) is 0.885. The Kier molecular flexibility index (Phi) is 5.77. The minimum atomic E-state index is -0.859. The van der Waals surface area contributed by atoms with E-state index >= 15 is 0 Å². The Bertz CT molecular complexity index is 758. The number of aryl methyl sites for hydroxylation is 1. The second-order valence-corrected chi connectivity index (χ2v) is 8.58. The lowest BCUT2D eigenvalue weighted by Crippen LogP contribution is -2.47. The number of hydrogen-bond donors (Lipinski definition) is 1. The second kappa shape index (κ2) is 7.94. The van der Waals surface area contributed by atoms with Crippen LogP contribution in [-0.4, -0.2) is 58.9 Å². The molecule has 2 aliphatic rings. The van der Waals surface area contributed by atoms with Crippen LogP contribution in [0.4, 0.5) is 0 Å². The van der Waals surface area contributed by atoms with Crippen LogP contribution in [0.3, 0.4) is 0 Å². The third-order valence-corrected chi connectivity index (χ3v) is 6.50. The number of nitrogens with zero attached hydrogens (tertiary/aromatic N) is 2. The standard InChI is InChI=1S/C22H30N2O4/c1-15(2)22(21(27)28)10-12-24(14-22)20(26)18-5-4-11-23(13-18)19(25)17-8-6-16(3)7-9-17/h6-9,15,18H,4-5,10-14H2,1-3H3,(H,27,28). The molecule has 2 atom stereocenters. The smallest absolute Gasteiger partial charge is 0.311 e. The average Bonchev–Trinajstić information content (AvgIpc) is 3.15. The first-order chi connectivity index (χ1) is 13.2. The van der Waals surface area contributed by atoms with Crippen molar-refractivity contribution in [2.24, 2.45) is 17.3 Å². The SMILES string of the molecule is Cc1ccc(C(=O)N2CCCC(C(=O)N3CCC(C(=O)O)(C(C)C)C3)C2)cc1. The highest BCUT2D eigenvalue weighted by atomic mass is 16.4. The fourth-order valence-electron chi connectivity index (χ4n) is 4.41. The molecule has 1 N–H and O–H groups in total. The van der Waals surface area contributed by atoms with Crippen LogP contribution >= 0.6 is 0 Å². The summed E-state index contributed by atoms with van der Waals surface area (Å²) in [5.74, 6) is -1.16. The summed E-state index contributed by atoms with van der Waals surface area (Å²) in [6.45, 7) is 7.60. The van der Waals surface area contributed by atoms with Gasteiger partial charge in [-0.25, -0.2) is 0 Å². The minimum absolute atomic E-state index is 0.00909. The van der Waals surface area contributed by atoms with Gasteiger partial charge < -0.3 is 14.9 Å². The van der Waals surface area contributed by atoms with Crippen molar-refractivity contribution in [2.75, 3.05) is 26.2 Å². The zero-order valence-corrected chi connectivity index (χ0v) is 17.0. The summed E-state index contributed by atoms with van der Waals surface area (Å²) in [5, 5.41) is 9.71. The molecule has 0 aromatic heterocycles. The van der Waals surface area contributed by atoms with Crippen LogP contribution < -0.4 is 0 Å². The number of hydrogen-bond acceptors (Lipinski definition) is 3. The number of carbonyl (C=O) groups is 3. The number of aliphatic carboxylic acids is 1. The van der Waals surface area contributed by atoms with Crippen LogP contribution in [0.25, 0.3) is 0 Å². The molecule has 152 valence electrons. The monoisotopic (exact) mass is 386 g/mol. The van der Waals surface area contributed by atoms with Crippen molar-refractivity contribution < 1.29 is 19.5 Å². The predicted octanol–water partition coefficient (Wildman–Crippen LogP) is 2.81. The fourth-order valence-corrected chi connectivity index (χ4v) is 4.41. The first-order valence-electron chi connectivity index (χ1n) is 10.1. The zero-order chi connectivity index (χ0) is 20.5. The van der Waals surface area contributed by atoms with E-state index < -0.39 is 11.4 Å². The van der Waals surface area contributed by atoms with Crippen molar-refractivity contribution in [3.8, 4) is 0 Å². The molecule has 28 heavy (non-hydrogen) atoms. The van der Waals surface area contributed by atoms with Gasteiger partial charge in [0.05, 0.1) is 11.3 Å². The molecular weight excluding hydrogens is 356 g/mol. The predicted molar refractivity (Wildman–Crippen MR) is 106 cm³/mol. The van der Waals surface area contributed by atoms with Crippen LogP contribution in [0.1, 0.15) is 49.0 Å². The molecule has 1 aromatic carbocycles. The number of carboxylic acids is 1. The van der Waals surface area contributed by atoms with E-state index in [1.165, 1.54) is 0 Å². The van der Waals surface area contributed by atoms with E-state index in [4.69, 9.17) is 0 Å². The lowest BCUT2D eigenvalue weighted by molar-refractivity contribution is -0.151. The Morgan fingerprint density at radius 2 is 1.79 bits per heavy atom. The molecule has 2 unspecified atom stereocenters. The van der Waals surface area contributed by atoms with Gasteiger partial charge in [0, 0.05) is 31.7 Å². The van der Waals surface area contributed by atoms with E-state index in [1.54, 1.807) is 9.80 Å². The van der Waals surface area contributed by atoms with Crippen molar-refractivity contribution in [3.63, 3.8) is 0 Å². The average molecular weight is 386 g/mol. The maximum absolute atomic E-state index is 13.1. The van der Waals surface area contributed by atoms with Crippen molar-refractivity contribution in [2.45, 2.75) is 40.0 Å². The lowest BCUT2D eigenvalue weighted by atomic mass is 9.76. The van der Waals surface area contributed by atoms with Crippen LogP contribution in [0.15, 0.2) is 24.3 Å². The number of piperidine rings is 1. The molecule has 2 saturated heterocycles. The number of benzene rings is 1. The van der Waals surface area contributed by atoms with Crippen LogP contribution in [0.2, 0.25) is 0 Å². The molecule has 6 nitrogen and oxygen atoms in total. The maximum Gasteiger partial charge on any atom is 0.311 e. The summed E-state index contributed by atoms with van der Waals surface area (Å²) in [6.07, 6.45) is 2.02. The normalized spacial score (nSPS) is 25.2. The number of carboxylic acid groups (broad SMARTS) is 1. The van der Waals surface area contributed by atoms with Crippen molar-refractivity contribution in [3.05, 3.63) is 35.4 Å². The molecule has 0 spiro atoms. The van der Waals surface area contributed by atoms with Gasteiger partial charge in [-0.15, -0.1) is 0 Å². The van der Waals surface area contributed by atoms with Crippen molar-refractivity contribution in [1.29, 1.82) is 0 Å². The Hall–Kier alpha value is -2.37. The number of amides is 2. The molecule has 2 amide bonds. The molecule has 0 aliphatic carbocycles. The Morgan fingerprint density at radius 3 is 2.36 bits per heavy atom. The Morgan fingerprint density at radius 1 is 1.11 bits per heavy atom. The molecule has 6 heteroatoms. The van der Waals surface area contributed by atoms with Gasteiger partial charge >= 0.3 is 5.97 Å². The Balaban J connectivity index is 1.67. The number of carbonyl (C=O) groups excluding carboxylic acids is 2. The highest BCUT2D eigenvalue weighted by Gasteiger charge is 2.49. The van der Waals surface area contributed by atoms with E-state index in [1.807, 2.05) is 45.0 Å². The summed E-state index contributed by atoms with van der Waals surface area (Å²) >= 11 is 0. The van der Waals surface area contributed by atoms with E-state index in [0.717, 1.165) is 18.4 Å². The summed E-state index contributed by atoms with van der Waals surface area (Å²) < 4.78 is 0. The van der Waals surface area contributed by atoms with Gasteiger partial charge in [-0.2, -0.15) is 0 Å². The van der Waals surface area contributed by atoms with Crippen molar-refractivity contribution >= 4 is 17.8 Å². The van der Waals surface area contributed by atoms with Crippen molar-refractivity contribution in [1.82, 2.24) is 9.80 Å². The van der Waals surface area contributed by atoms with Crippen LogP contribution in [0.5, 0.6) is 0 Å². The highest BCUT2D eigenvalue weighted by molar-refractivity contribution is 5.94. The van der Waals surface area contributed by atoms with E-state index in [9.17, 15) is 19.5 Å². The van der Waals surface area contributed by atoms with Gasteiger partial charge in [0.1, 0.15) is 0 Å². The number of rotatable bonds is 4. The fraction of sp³-hybridized carbons (Fsp3) is 0.591. The van der Waals surface area contributed by atoms with E-state index in [2.05, 4.69) is 0 Å². The largest absolute Gasteiger partial charge is 0.481 e. The maximum atomic E-state index is 13.1. The molecule has 3 rings (SSSR count). The molecular formula is C22H30N2O4. The third-order valence-electron chi connectivity index (χ3n) is 6.50. The highest BCUT2D eigenvalue weighted by Crippen LogP contribution is 2.39. The zero-order valence-electron chi connectivity index (χ0n) is 17.0.